The Balaban J connectivity index is 1.50. The Morgan fingerprint density at radius 1 is 1.07 bits per heavy atom. The lowest BCUT2D eigenvalue weighted by atomic mass is 10.2. The Labute approximate surface area is 175 Å². The molecule has 2 aromatic carbocycles. The topological polar surface area (TPSA) is 46.9 Å². The maximum atomic E-state index is 12.6. The van der Waals surface area contributed by atoms with Gasteiger partial charge >= 0.3 is 0 Å². The highest BCUT2D eigenvalue weighted by Crippen LogP contribution is 2.21. The fourth-order valence-electron chi connectivity index (χ4n) is 2.87. The van der Waals surface area contributed by atoms with Gasteiger partial charge in [-0.25, -0.2) is 4.68 Å². The second-order valence-electron chi connectivity index (χ2n) is 6.69. The second-order valence-corrected chi connectivity index (χ2v) is 8.15. The molecule has 28 heavy (non-hydrogen) atoms. The van der Waals surface area contributed by atoms with Crippen LogP contribution in [-0.2, 0) is 12.3 Å². The summed E-state index contributed by atoms with van der Waals surface area (Å²) in [6, 6.07) is 18.5. The van der Waals surface area contributed by atoms with Crippen molar-refractivity contribution in [1.29, 1.82) is 0 Å². The molecule has 3 aromatic rings. The van der Waals surface area contributed by atoms with Crippen molar-refractivity contribution in [2.45, 2.75) is 26.1 Å². The van der Waals surface area contributed by atoms with E-state index in [0.717, 1.165) is 17.1 Å². The number of thioether (sulfide) groups is 1. The summed E-state index contributed by atoms with van der Waals surface area (Å²) in [5, 5.41) is 7.77. The molecule has 0 atom stereocenters. The molecule has 1 heterocycles. The van der Waals surface area contributed by atoms with E-state index in [1.54, 1.807) is 16.4 Å². The van der Waals surface area contributed by atoms with Crippen LogP contribution in [0.25, 0.3) is 0 Å². The number of benzene rings is 2. The number of nitrogens with one attached hydrogen (secondary N) is 1. The molecule has 1 amide bonds. The van der Waals surface area contributed by atoms with E-state index in [1.807, 2.05) is 37.3 Å². The summed E-state index contributed by atoms with van der Waals surface area (Å²) in [4.78, 5) is 12.6. The Kier molecular flexibility index (Phi) is 7.18. The van der Waals surface area contributed by atoms with Gasteiger partial charge in [-0.15, -0.1) is 0 Å². The lowest BCUT2D eigenvalue weighted by Crippen LogP contribution is -2.26. The minimum Gasteiger partial charge on any atom is -0.351 e. The van der Waals surface area contributed by atoms with Gasteiger partial charge in [0.15, 0.2) is 0 Å². The molecule has 0 aliphatic rings. The summed E-state index contributed by atoms with van der Waals surface area (Å²) in [6.45, 7) is 5.03. The molecule has 0 radical (unpaired) electrons. The van der Waals surface area contributed by atoms with Crippen molar-refractivity contribution in [1.82, 2.24) is 15.1 Å². The van der Waals surface area contributed by atoms with E-state index < -0.39 is 0 Å². The number of carbonyl (C=O) groups excluding carboxylic acids is 1. The zero-order chi connectivity index (χ0) is 19.9. The largest absolute Gasteiger partial charge is 0.351 e. The van der Waals surface area contributed by atoms with Gasteiger partial charge in [-0.1, -0.05) is 71.8 Å². The van der Waals surface area contributed by atoms with Gasteiger partial charge in [-0.2, -0.15) is 16.9 Å². The molecular weight excluding hydrogens is 390 g/mol. The van der Waals surface area contributed by atoms with Crippen LogP contribution in [0.5, 0.6) is 0 Å². The molecule has 0 bridgehead atoms. The average Bonchev–Trinajstić information content (AvgIpc) is 2.97. The molecule has 0 aliphatic heterocycles. The number of aryl methyl sites for hydroxylation is 2. The first-order valence-electron chi connectivity index (χ1n) is 9.23. The molecule has 0 spiro atoms. The molecule has 0 fully saturated rings. The van der Waals surface area contributed by atoms with Crippen LogP contribution in [0.15, 0.2) is 54.6 Å². The van der Waals surface area contributed by atoms with E-state index in [1.165, 1.54) is 11.1 Å². The number of amides is 1. The van der Waals surface area contributed by atoms with Crippen LogP contribution in [0.3, 0.4) is 0 Å². The summed E-state index contributed by atoms with van der Waals surface area (Å²) in [7, 11) is 0. The first-order valence-corrected chi connectivity index (χ1v) is 10.8. The SMILES string of the molecule is Cc1ccc(CSCCNC(=O)c2c(C)nn(Cc3ccccc3)c2Cl)cc1. The van der Waals surface area contributed by atoms with Crippen LogP contribution in [0, 0.1) is 13.8 Å². The normalized spacial score (nSPS) is 10.8. The maximum Gasteiger partial charge on any atom is 0.256 e. The highest BCUT2D eigenvalue weighted by atomic mass is 35.5. The highest BCUT2D eigenvalue weighted by Gasteiger charge is 2.20. The molecule has 146 valence electrons. The van der Waals surface area contributed by atoms with Gasteiger partial charge < -0.3 is 5.32 Å². The average molecular weight is 414 g/mol. The first-order chi connectivity index (χ1) is 13.5. The Bertz CT molecular complexity index is 923. The minimum absolute atomic E-state index is 0.169. The summed E-state index contributed by atoms with van der Waals surface area (Å²) >= 11 is 8.24. The summed E-state index contributed by atoms with van der Waals surface area (Å²) in [5.74, 6) is 1.61. The van der Waals surface area contributed by atoms with Crippen LogP contribution in [0.2, 0.25) is 5.15 Å². The van der Waals surface area contributed by atoms with E-state index in [4.69, 9.17) is 11.6 Å². The van der Waals surface area contributed by atoms with E-state index in [-0.39, 0.29) is 5.91 Å². The van der Waals surface area contributed by atoms with Crippen molar-refractivity contribution < 1.29 is 4.79 Å². The number of hydrogen-bond acceptors (Lipinski definition) is 3. The first kappa shape index (κ1) is 20.5. The van der Waals surface area contributed by atoms with E-state index in [2.05, 4.69) is 41.6 Å². The molecule has 1 N–H and O–H groups in total. The fourth-order valence-corrected chi connectivity index (χ4v) is 4.01. The van der Waals surface area contributed by atoms with Crippen LogP contribution in [-0.4, -0.2) is 28.0 Å². The molecule has 3 rings (SSSR count). The zero-order valence-corrected chi connectivity index (χ0v) is 17.7. The fraction of sp³-hybridized carbons (Fsp3) is 0.273. The molecule has 0 unspecified atom stereocenters. The van der Waals surface area contributed by atoms with Crippen LogP contribution < -0.4 is 5.32 Å². The van der Waals surface area contributed by atoms with Crippen molar-refractivity contribution in [3.05, 3.63) is 87.7 Å². The summed E-state index contributed by atoms with van der Waals surface area (Å²) in [5.41, 5.74) is 4.75. The zero-order valence-electron chi connectivity index (χ0n) is 16.1. The Morgan fingerprint density at radius 3 is 2.50 bits per heavy atom. The second kappa shape index (κ2) is 9.80. The number of halogens is 1. The molecule has 4 nitrogen and oxygen atoms in total. The third kappa shape index (κ3) is 5.40. The summed E-state index contributed by atoms with van der Waals surface area (Å²) in [6.07, 6.45) is 0. The van der Waals surface area contributed by atoms with Crippen molar-refractivity contribution in [2.75, 3.05) is 12.3 Å². The lowest BCUT2D eigenvalue weighted by Gasteiger charge is -2.06. The van der Waals surface area contributed by atoms with Gasteiger partial charge in [0.05, 0.1) is 17.8 Å². The molecule has 0 saturated carbocycles. The smallest absolute Gasteiger partial charge is 0.256 e. The van der Waals surface area contributed by atoms with Crippen molar-refractivity contribution in [2.24, 2.45) is 0 Å². The standard InChI is InChI=1S/C22H24ClN3OS/c1-16-8-10-19(11-9-16)15-28-13-12-24-22(27)20-17(2)25-26(21(20)23)14-18-6-4-3-5-7-18/h3-11H,12-15H2,1-2H3,(H,24,27). The van der Waals surface area contributed by atoms with E-state index in [0.29, 0.717) is 29.5 Å². The van der Waals surface area contributed by atoms with Crippen LogP contribution in [0.1, 0.15) is 32.7 Å². The van der Waals surface area contributed by atoms with Gasteiger partial charge in [0, 0.05) is 18.1 Å². The number of rotatable bonds is 8. The number of hydrogen-bond donors (Lipinski definition) is 1. The molecule has 0 aliphatic carbocycles. The molecule has 1 aromatic heterocycles. The van der Waals surface area contributed by atoms with Crippen molar-refractivity contribution >= 4 is 29.3 Å². The van der Waals surface area contributed by atoms with Gasteiger partial charge in [0.25, 0.3) is 5.91 Å². The quantitative estimate of drug-likeness (QED) is 0.536. The predicted molar refractivity (Wildman–Crippen MR) is 117 cm³/mol. The molecular formula is C22H24ClN3OS. The highest BCUT2D eigenvalue weighted by molar-refractivity contribution is 7.98. The number of aromatic nitrogens is 2. The lowest BCUT2D eigenvalue weighted by molar-refractivity contribution is 0.0955. The van der Waals surface area contributed by atoms with Crippen molar-refractivity contribution in [3.63, 3.8) is 0 Å². The van der Waals surface area contributed by atoms with Gasteiger partial charge in [0.2, 0.25) is 0 Å². The Morgan fingerprint density at radius 2 is 1.79 bits per heavy atom. The Hall–Kier alpha value is -2.24. The van der Waals surface area contributed by atoms with E-state index >= 15 is 0 Å². The predicted octanol–water partition coefficient (Wildman–Crippen LogP) is 4.86. The van der Waals surface area contributed by atoms with Crippen LogP contribution in [0.4, 0.5) is 0 Å². The maximum absolute atomic E-state index is 12.6. The minimum atomic E-state index is -0.169. The van der Waals surface area contributed by atoms with Gasteiger partial charge in [-0.05, 0) is 25.0 Å². The van der Waals surface area contributed by atoms with E-state index in [9.17, 15) is 4.79 Å². The number of nitrogens with zero attached hydrogens (tertiary/aromatic N) is 2. The van der Waals surface area contributed by atoms with Crippen LogP contribution >= 0.6 is 23.4 Å². The van der Waals surface area contributed by atoms with Crippen molar-refractivity contribution in [3.8, 4) is 0 Å². The number of carbonyl (C=O) groups is 1. The molecule has 6 heteroatoms. The summed E-state index contributed by atoms with van der Waals surface area (Å²) < 4.78 is 1.67. The molecule has 0 saturated heterocycles. The monoisotopic (exact) mass is 413 g/mol. The third-order valence-electron chi connectivity index (χ3n) is 4.39. The van der Waals surface area contributed by atoms with Gasteiger partial charge in [-0.3, -0.25) is 4.79 Å². The van der Waals surface area contributed by atoms with Gasteiger partial charge in [0.1, 0.15) is 5.15 Å². The third-order valence-corrected chi connectivity index (χ3v) is 5.80.